The molecule has 30 heavy (non-hydrogen) atoms. The molecular weight excluding hydrogens is 394 g/mol. The van der Waals surface area contributed by atoms with Gasteiger partial charge in [0.05, 0.1) is 11.3 Å². The highest BCUT2D eigenvalue weighted by Crippen LogP contribution is 2.37. The molecule has 0 fully saturated rings. The molecule has 3 aromatic rings. The summed E-state index contributed by atoms with van der Waals surface area (Å²) in [6, 6.07) is 21.2. The lowest BCUT2D eigenvalue weighted by Gasteiger charge is -2.22. The van der Waals surface area contributed by atoms with E-state index in [1.165, 1.54) is 16.2 Å². The number of carbonyl (C=O) groups is 2. The van der Waals surface area contributed by atoms with Crippen LogP contribution in [0.3, 0.4) is 0 Å². The standard InChI is InChI=1S/C24H23N3O2S/c1-25(2)18-11-7-12-19(15-18)27-23(28)21(20-13-8-14-30-20)22(24(27)29)26(3)16-17-9-5-4-6-10-17/h4-15H,16H2,1-3H3. The summed E-state index contributed by atoms with van der Waals surface area (Å²) < 4.78 is 0. The minimum atomic E-state index is -0.294. The van der Waals surface area contributed by atoms with E-state index in [1.54, 1.807) is 6.07 Å². The van der Waals surface area contributed by atoms with Crippen LogP contribution in [0.2, 0.25) is 0 Å². The molecule has 0 unspecified atom stereocenters. The Labute approximate surface area is 180 Å². The van der Waals surface area contributed by atoms with Crippen LogP contribution in [0.25, 0.3) is 5.57 Å². The Morgan fingerprint density at radius 2 is 1.63 bits per heavy atom. The summed E-state index contributed by atoms with van der Waals surface area (Å²) in [4.78, 5) is 32.9. The fourth-order valence-electron chi connectivity index (χ4n) is 3.60. The van der Waals surface area contributed by atoms with Crippen LogP contribution >= 0.6 is 11.3 Å². The lowest BCUT2D eigenvalue weighted by Crippen LogP contribution is -2.34. The Hall–Kier alpha value is -3.38. The second kappa shape index (κ2) is 8.16. The molecule has 2 heterocycles. The van der Waals surface area contributed by atoms with Gasteiger partial charge in [-0.05, 0) is 35.2 Å². The first-order valence-corrected chi connectivity index (χ1v) is 10.5. The summed E-state index contributed by atoms with van der Waals surface area (Å²) in [7, 11) is 5.73. The molecule has 1 aromatic heterocycles. The average Bonchev–Trinajstić information content (AvgIpc) is 3.34. The molecule has 152 valence electrons. The number of hydrogen-bond donors (Lipinski definition) is 0. The number of imide groups is 1. The molecule has 0 aliphatic carbocycles. The van der Waals surface area contributed by atoms with Crippen LogP contribution < -0.4 is 9.80 Å². The van der Waals surface area contributed by atoms with Crippen molar-refractivity contribution in [3.05, 3.63) is 88.2 Å². The normalized spacial score (nSPS) is 13.9. The number of rotatable bonds is 6. The molecule has 4 rings (SSSR count). The van der Waals surface area contributed by atoms with E-state index in [9.17, 15) is 9.59 Å². The van der Waals surface area contributed by atoms with E-state index in [-0.39, 0.29) is 11.8 Å². The second-order valence-electron chi connectivity index (χ2n) is 7.40. The van der Waals surface area contributed by atoms with Crippen molar-refractivity contribution in [3.63, 3.8) is 0 Å². The van der Waals surface area contributed by atoms with Gasteiger partial charge in [-0.1, -0.05) is 42.5 Å². The first kappa shape index (κ1) is 19.9. The average molecular weight is 418 g/mol. The van der Waals surface area contributed by atoms with Gasteiger partial charge < -0.3 is 9.80 Å². The topological polar surface area (TPSA) is 43.9 Å². The number of likely N-dealkylation sites (N-methyl/N-ethyl adjacent to an activating group) is 1. The Balaban J connectivity index is 1.76. The van der Waals surface area contributed by atoms with Gasteiger partial charge in [-0.25, -0.2) is 4.90 Å². The summed E-state index contributed by atoms with van der Waals surface area (Å²) in [5.74, 6) is -0.578. The van der Waals surface area contributed by atoms with Gasteiger partial charge in [0, 0.05) is 38.3 Å². The molecular formula is C24H23N3O2S. The summed E-state index contributed by atoms with van der Waals surface area (Å²) in [5, 5.41) is 1.92. The molecule has 0 N–H and O–H groups in total. The fourth-order valence-corrected chi connectivity index (χ4v) is 4.36. The van der Waals surface area contributed by atoms with Crippen LogP contribution in [0.15, 0.2) is 77.8 Å². The van der Waals surface area contributed by atoms with Crippen molar-refractivity contribution in [2.45, 2.75) is 6.54 Å². The maximum absolute atomic E-state index is 13.5. The minimum Gasteiger partial charge on any atom is -0.378 e. The van der Waals surface area contributed by atoms with Crippen molar-refractivity contribution in [2.24, 2.45) is 0 Å². The lowest BCUT2D eigenvalue weighted by molar-refractivity contribution is -0.120. The molecule has 0 atom stereocenters. The van der Waals surface area contributed by atoms with Gasteiger partial charge in [-0.15, -0.1) is 11.3 Å². The van der Waals surface area contributed by atoms with E-state index in [2.05, 4.69) is 0 Å². The van der Waals surface area contributed by atoms with Gasteiger partial charge in [-0.3, -0.25) is 9.59 Å². The fraction of sp³-hybridized carbons (Fsp3) is 0.167. The highest BCUT2D eigenvalue weighted by atomic mass is 32.1. The molecule has 2 amide bonds. The third-order valence-corrected chi connectivity index (χ3v) is 5.96. The van der Waals surface area contributed by atoms with E-state index in [0.29, 0.717) is 23.5 Å². The molecule has 5 nitrogen and oxygen atoms in total. The van der Waals surface area contributed by atoms with Crippen molar-refractivity contribution in [3.8, 4) is 0 Å². The first-order valence-electron chi connectivity index (χ1n) is 9.66. The van der Waals surface area contributed by atoms with E-state index in [0.717, 1.165) is 16.1 Å². The molecule has 0 bridgehead atoms. The predicted molar refractivity (Wildman–Crippen MR) is 122 cm³/mol. The summed E-state index contributed by atoms with van der Waals surface area (Å²) in [6.45, 7) is 0.537. The molecule has 1 aliphatic heterocycles. The van der Waals surface area contributed by atoms with Crippen molar-refractivity contribution in [1.82, 2.24) is 4.90 Å². The molecule has 0 radical (unpaired) electrons. The lowest BCUT2D eigenvalue weighted by atomic mass is 10.1. The molecule has 0 saturated carbocycles. The van der Waals surface area contributed by atoms with Crippen LogP contribution in [0, 0.1) is 0 Å². The largest absolute Gasteiger partial charge is 0.378 e. The Bertz CT molecular complexity index is 1100. The second-order valence-corrected chi connectivity index (χ2v) is 8.35. The van der Waals surface area contributed by atoms with Gasteiger partial charge in [0.1, 0.15) is 5.70 Å². The van der Waals surface area contributed by atoms with Crippen LogP contribution in [0.4, 0.5) is 11.4 Å². The van der Waals surface area contributed by atoms with Crippen molar-refractivity contribution in [2.75, 3.05) is 30.9 Å². The SMILES string of the molecule is CN(Cc1ccccc1)C1=C(c2cccs2)C(=O)N(c2cccc(N(C)C)c2)C1=O. The quantitative estimate of drug-likeness (QED) is 0.563. The zero-order valence-electron chi connectivity index (χ0n) is 17.2. The predicted octanol–water partition coefficient (Wildman–Crippen LogP) is 4.23. The summed E-state index contributed by atoms with van der Waals surface area (Å²) in [5.41, 5.74) is 3.47. The van der Waals surface area contributed by atoms with Crippen LogP contribution in [0.1, 0.15) is 10.4 Å². The maximum Gasteiger partial charge on any atom is 0.282 e. The highest BCUT2D eigenvalue weighted by molar-refractivity contribution is 7.11. The monoisotopic (exact) mass is 417 g/mol. The van der Waals surface area contributed by atoms with Crippen molar-refractivity contribution >= 4 is 40.1 Å². The van der Waals surface area contributed by atoms with Gasteiger partial charge in [-0.2, -0.15) is 0 Å². The van der Waals surface area contributed by atoms with Gasteiger partial charge in [0.15, 0.2) is 0 Å². The number of carbonyl (C=O) groups excluding carboxylic acids is 2. The zero-order valence-corrected chi connectivity index (χ0v) is 18.0. The number of anilines is 2. The summed E-state index contributed by atoms with van der Waals surface area (Å²) in [6.07, 6.45) is 0. The van der Waals surface area contributed by atoms with E-state index in [4.69, 9.17) is 0 Å². The minimum absolute atomic E-state index is 0.284. The third-order valence-electron chi connectivity index (χ3n) is 5.08. The number of nitrogens with zero attached hydrogens (tertiary/aromatic N) is 3. The molecule has 0 spiro atoms. The molecule has 0 saturated heterocycles. The maximum atomic E-state index is 13.5. The Morgan fingerprint density at radius 1 is 0.867 bits per heavy atom. The molecule has 2 aromatic carbocycles. The number of amides is 2. The van der Waals surface area contributed by atoms with E-state index < -0.39 is 0 Å². The van der Waals surface area contributed by atoms with Crippen LogP contribution in [-0.4, -0.2) is 37.9 Å². The van der Waals surface area contributed by atoms with Gasteiger partial charge in [0.2, 0.25) is 0 Å². The molecule has 6 heteroatoms. The number of thiophene rings is 1. The van der Waals surface area contributed by atoms with Crippen LogP contribution in [-0.2, 0) is 16.1 Å². The number of benzene rings is 2. The zero-order chi connectivity index (χ0) is 21.3. The van der Waals surface area contributed by atoms with E-state index in [1.807, 2.05) is 97.0 Å². The van der Waals surface area contributed by atoms with E-state index >= 15 is 0 Å². The Morgan fingerprint density at radius 3 is 2.30 bits per heavy atom. The van der Waals surface area contributed by atoms with Crippen molar-refractivity contribution < 1.29 is 9.59 Å². The summed E-state index contributed by atoms with van der Waals surface area (Å²) >= 11 is 1.47. The third kappa shape index (κ3) is 3.62. The van der Waals surface area contributed by atoms with Crippen molar-refractivity contribution in [1.29, 1.82) is 0 Å². The molecule has 1 aliphatic rings. The Kier molecular flexibility index (Phi) is 5.42. The van der Waals surface area contributed by atoms with Gasteiger partial charge in [0.25, 0.3) is 11.8 Å². The first-order chi connectivity index (χ1) is 14.5. The highest BCUT2D eigenvalue weighted by Gasteiger charge is 2.42. The van der Waals surface area contributed by atoms with Gasteiger partial charge >= 0.3 is 0 Å². The van der Waals surface area contributed by atoms with Crippen LogP contribution in [0.5, 0.6) is 0 Å². The number of hydrogen-bond acceptors (Lipinski definition) is 5. The smallest absolute Gasteiger partial charge is 0.282 e.